The molecule has 4 aliphatic carbocycles. The predicted octanol–water partition coefficient (Wildman–Crippen LogP) is 6.34. The van der Waals surface area contributed by atoms with Gasteiger partial charge in [0.05, 0.1) is 11.9 Å². The largest absolute Gasteiger partial charge is 0.496 e. The van der Waals surface area contributed by atoms with E-state index in [1.807, 2.05) is 6.92 Å². The molecule has 0 N–H and O–H groups in total. The van der Waals surface area contributed by atoms with Crippen LogP contribution in [0.4, 0.5) is 0 Å². The minimum absolute atomic E-state index is 0.443. The summed E-state index contributed by atoms with van der Waals surface area (Å²) in [5, 5.41) is 0. The molecule has 0 aromatic heterocycles. The number of hydrogen-bond acceptors (Lipinski definition) is 1. The van der Waals surface area contributed by atoms with Crippen molar-refractivity contribution in [2.45, 2.75) is 91.1 Å². The van der Waals surface area contributed by atoms with Crippen molar-refractivity contribution in [2.75, 3.05) is 0 Å². The van der Waals surface area contributed by atoms with Crippen molar-refractivity contribution in [3.05, 3.63) is 12.3 Å². The van der Waals surface area contributed by atoms with Gasteiger partial charge in [-0.3, -0.25) is 0 Å². The van der Waals surface area contributed by atoms with Gasteiger partial charge in [0.2, 0.25) is 0 Å². The summed E-state index contributed by atoms with van der Waals surface area (Å²) < 4.78 is 6.09. The maximum Gasteiger partial charge on any atom is 0.0990 e. The van der Waals surface area contributed by atoms with Crippen LogP contribution < -0.4 is 0 Å². The maximum absolute atomic E-state index is 6.09. The van der Waals surface area contributed by atoms with E-state index in [1.165, 1.54) is 64.2 Å². The van der Waals surface area contributed by atoms with Gasteiger partial charge in [-0.25, -0.2) is 0 Å². The average molecular weight is 317 g/mol. The first-order chi connectivity index (χ1) is 10.9. The van der Waals surface area contributed by atoms with Gasteiger partial charge in [0.1, 0.15) is 0 Å². The van der Waals surface area contributed by atoms with Gasteiger partial charge in [-0.05, 0) is 92.8 Å². The lowest BCUT2D eigenvalue weighted by molar-refractivity contribution is -0.103. The van der Waals surface area contributed by atoms with Crippen LogP contribution in [0.25, 0.3) is 0 Å². The lowest BCUT2D eigenvalue weighted by atomic mass is 9.45. The Balaban J connectivity index is 1.57. The Morgan fingerprint density at radius 1 is 1.00 bits per heavy atom. The summed E-state index contributed by atoms with van der Waals surface area (Å²) in [7, 11) is 0. The minimum Gasteiger partial charge on any atom is -0.496 e. The van der Waals surface area contributed by atoms with Crippen LogP contribution in [-0.4, -0.2) is 6.10 Å². The minimum atomic E-state index is 0.443. The van der Waals surface area contributed by atoms with Crippen LogP contribution in [0, 0.1) is 34.5 Å². The van der Waals surface area contributed by atoms with Gasteiger partial charge < -0.3 is 4.74 Å². The van der Waals surface area contributed by atoms with Crippen LogP contribution in [0.3, 0.4) is 0 Å². The van der Waals surface area contributed by atoms with E-state index in [9.17, 15) is 0 Å². The van der Waals surface area contributed by atoms with Crippen LogP contribution in [0.15, 0.2) is 12.3 Å². The van der Waals surface area contributed by atoms with E-state index in [0.29, 0.717) is 16.9 Å². The molecule has 1 heteroatoms. The Morgan fingerprint density at radius 2 is 1.83 bits per heavy atom. The highest BCUT2D eigenvalue weighted by atomic mass is 16.5. The first-order valence-corrected chi connectivity index (χ1v) is 10.2. The summed E-state index contributed by atoms with van der Waals surface area (Å²) in [4.78, 5) is 0. The van der Waals surface area contributed by atoms with Gasteiger partial charge in [-0.2, -0.15) is 0 Å². The zero-order chi connectivity index (χ0) is 16.2. The highest BCUT2D eigenvalue weighted by Crippen LogP contribution is 2.66. The molecule has 130 valence electrons. The molecule has 4 saturated carbocycles. The second kappa shape index (κ2) is 5.53. The summed E-state index contributed by atoms with van der Waals surface area (Å²) >= 11 is 0. The lowest BCUT2D eigenvalue weighted by Gasteiger charge is -2.59. The summed E-state index contributed by atoms with van der Waals surface area (Å²) in [6, 6.07) is 0. The molecule has 1 unspecified atom stereocenters. The normalized spacial score (nSPS) is 52.2. The van der Waals surface area contributed by atoms with Gasteiger partial charge in [-0.15, -0.1) is 0 Å². The molecule has 0 radical (unpaired) electrons. The molecule has 0 aromatic rings. The van der Waals surface area contributed by atoms with Crippen molar-refractivity contribution in [1.82, 2.24) is 0 Å². The van der Waals surface area contributed by atoms with E-state index in [4.69, 9.17) is 4.74 Å². The maximum atomic E-state index is 6.09. The third-order valence-electron chi connectivity index (χ3n) is 8.68. The Bertz CT molecular complexity index is 482. The van der Waals surface area contributed by atoms with Gasteiger partial charge in [0, 0.05) is 0 Å². The summed E-state index contributed by atoms with van der Waals surface area (Å²) in [5.74, 6) is 4.84. The van der Waals surface area contributed by atoms with Gasteiger partial charge in [-0.1, -0.05) is 33.3 Å². The predicted molar refractivity (Wildman–Crippen MR) is 96.0 cm³/mol. The smallest absolute Gasteiger partial charge is 0.0990 e. The second-order valence-electron chi connectivity index (χ2n) is 9.98. The molecule has 0 aliphatic heterocycles. The summed E-state index contributed by atoms with van der Waals surface area (Å²) in [6.45, 7) is 11.2. The number of allylic oxidation sites excluding steroid dienone is 1. The molecule has 0 heterocycles. The van der Waals surface area contributed by atoms with E-state index < -0.39 is 0 Å². The van der Waals surface area contributed by atoms with Crippen LogP contribution in [0.1, 0.15) is 85.0 Å². The number of fused-ring (bicyclic) bond motifs is 5. The fourth-order valence-electron chi connectivity index (χ4n) is 7.66. The molecular formula is C22H36O. The Morgan fingerprint density at radius 3 is 2.61 bits per heavy atom. The molecule has 4 rings (SSSR count). The van der Waals surface area contributed by atoms with E-state index in [-0.39, 0.29) is 0 Å². The number of hydrogen-bond donors (Lipinski definition) is 0. The SMILES string of the molecule is C=C(C)OC1C[C@H]2[C@@H]3CC[C@H]4CCCC[C@]4(C)[C@H]3CC[C@]2(C)C1. The molecule has 4 aliphatic rings. The fraction of sp³-hybridized carbons (Fsp3) is 0.909. The molecule has 0 amide bonds. The highest BCUT2D eigenvalue weighted by Gasteiger charge is 2.58. The average Bonchev–Trinajstić information content (AvgIpc) is 2.81. The van der Waals surface area contributed by atoms with Crippen LogP contribution in [0.2, 0.25) is 0 Å². The van der Waals surface area contributed by atoms with Crippen LogP contribution in [0.5, 0.6) is 0 Å². The molecule has 4 fully saturated rings. The van der Waals surface area contributed by atoms with Crippen molar-refractivity contribution < 1.29 is 4.74 Å². The van der Waals surface area contributed by atoms with Crippen LogP contribution in [-0.2, 0) is 4.74 Å². The first kappa shape index (κ1) is 16.0. The van der Waals surface area contributed by atoms with E-state index in [2.05, 4.69) is 20.4 Å². The molecular weight excluding hydrogens is 280 g/mol. The van der Waals surface area contributed by atoms with E-state index in [1.54, 1.807) is 0 Å². The Labute approximate surface area is 143 Å². The molecule has 1 nitrogen and oxygen atoms in total. The summed E-state index contributed by atoms with van der Waals surface area (Å²) in [5.41, 5.74) is 1.20. The van der Waals surface area contributed by atoms with Gasteiger partial charge in [0.25, 0.3) is 0 Å². The molecule has 0 spiro atoms. The molecule has 7 atom stereocenters. The monoisotopic (exact) mass is 316 g/mol. The van der Waals surface area contributed by atoms with E-state index in [0.717, 1.165) is 29.4 Å². The molecule has 23 heavy (non-hydrogen) atoms. The third kappa shape index (κ3) is 2.48. The number of rotatable bonds is 2. The third-order valence-corrected chi connectivity index (χ3v) is 8.68. The van der Waals surface area contributed by atoms with Crippen molar-refractivity contribution in [2.24, 2.45) is 34.5 Å². The molecule has 0 bridgehead atoms. The van der Waals surface area contributed by atoms with Crippen molar-refractivity contribution in [1.29, 1.82) is 0 Å². The van der Waals surface area contributed by atoms with Crippen molar-refractivity contribution >= 4 is 0 Å². The molecule has 0 saturated heterocycles. The topological polar surface area (TPSA) is 9.23 Å². The summed E-state index contributed by atoms with van der Waals surface area (Å²) in [6.07, 6.45) is 15.0. The van der Waals surface area contributed by atoms with Crippen molar-refractivity contribution in [3.63, 3.8) is 0 Å². The van der Waals surface area contributed by atoms with E-state index >= 15 is 0 Å². The fourth-order valence-corrected chi connectivity index (χ4v) is 7.66. The second-order valence-corrected chi connectivity index (χ2v) is 9.98. The van der Waals surface area contributed by atoms with Crippen LogP contribution >= 0.6 is 0 Å². The standard InChI is InChI=1S/C22H36O/c1-15(2)23-17-13-20-18-9-8-16-7-5-6-11-22(16,4)19(18)10-12-21(20,3)14-17/h16-20H,1,5-14H2,2-4H3/t16-,17?,18-,19+,20+,21-,22+/m1/s1. The van der Waals surface area contributed by atoms with Crippen molar-refractivity contribution in [3.8, 4) is 0 Å². The molecule has 0 aromatic carbocycles. The quantitative estimate of drug-likeness (QED) is 0.540. The Hall–Kier alpha value is -0.460. The zero-order valence-corrected chi connectivity index (χ0v) is 15.6. The lowest BCUT2D eigenvalue weighted by Crippen LogP contribution is -2.51. The van der Waals surface area contributed by atoms with Gasteiger partial charge >= 0.3 is 0 Å². The highest BCUT2D eigenvalue weighted by molar-refractivity contribution is 5.08. The first-order valence-electron chi connectivity index (χ1n) is 10.2. The Kier molecular flexibility index (Phi) is 3.85. The zero-order valence-electron chi connectivity index (χ0n) is 15.6. The van der Waals surface area contributed by atoms with Gasteiger partial charge in [0.15, 0.2) is 0 Å². The number of ether oxygens (including phenoxy) is 1.